The van der Waals surface area contributed by atoms with Crippen LogP contribution in [-0.4, -0.2) is 11.0 Å². The second-order valence-corrected chi connectivity index (χ2v) is 8.25. The first kappa shape index (κ1) is 21.5. The van der Waals surface area contributed by atoms with Crippen LogP contribution in [0.1, 0.15) is 37.1 Å². The van der Waals surface area contributed by atoms with Crippen molar-refractivity contribution < 1.29 is 36.2 Å². The molecule has 1 aliphatic rings. The summed E-state index contributed by atoms with van der Waals surface area (Å²) in [6.45, 7) is 0. The zero-order chi connectivity index (χ0) is 22.2. The van der Waals surface area contributed by atoms with Gasteiger partial charge in [-0.05, 0) is 25.0 Å². The Morgan fingerprint density at radius 2 is 1.68 bits per heavy atom. The highest BCUT2D eigenvalue weighted by Crippen LogP contribution is 2.38. The van der Waals surface area contributed by atoms with Crippen LogP contribution in [0.15, 0.2) is 30.3 Å². The molecule has 31 heavy (non-hydrogen) atoms. The number of carbonyl (C=O) groups excluding carboxylic acids is 1. The van der Waals surface area contributed by atoms with Gasteiger partial charge >= 0.3 is 12.1 Å². The van der Waals surface area contributed by atoms with Gasteiger partial charge in [0.2, 0.25) is 5.01 Å². The molecule has 4 rings (SSSR count). The minimum absolute atomic E-state index is 0.171. The fourth-order valence-electron chi connectivity index (χ4n) is 3.41. The summed E-state index contributed by atoms with van der Waals surface area (Å²) in [5.74, 6) is -6.29. The number of aromatic nitrogens is 1. The van der Waals surface area contributed by atoms with Crippen LogP contribution in [0.3, 0.4) is 0 Å². The van der Waals surface area contributed by atoms with Crippen molar-refractivity contribution in [2.75, 3.05) is 0 Å². The molecule has 164 valence electrons. The van der Waals surface area contributed by atoms with Gasteiger partial charge in [0.05, 0.1) is 16.1 Å². The predicted octanol–water partition coefficient (Wildman–Crippen LogP) is 6.33. The van der Waals surface area contributed by atoms with E-state index in [0.29, 0.717) is 28.2 Å². The molecule has 0 amide bonds. The molecule has 3 aromatic rings. The number of benzene rings is 2. The van der Waals surface area contributed by atoms with Crippen LogP contribution >= 0.6 is 11.3 Å². The summed E-state index contributed by atoms with van der Waals surface area (Å²) in [4.78, 5) is 16.1. The first-order valence-electron chi connectivity index (χ1n) is 9.57. The van der Waals surface area contributed by atoms with Gasteiger partial charge in [-0.15, -0.1) is 11.3 Å². The largest absolute Gasteiger partial charge is 0.454 e. The first-order valence-corrected chi connectivity index (χ1v) is 10.4. The molecule has 2 aromatic carbocycles. The lowest BCUT2D eigenvalue weighted by molar-refractivity contribution is -0.185. The van der Waals surface area contributed by atoms with Crippen LogP contribution in [0.4, 0.5) is 22.0 Å². The third kappa shape index (κ3) is 4.63. The Labute approximate surface area is 177 Å². The topological polar surface area (TPSA) is 48.4 Å². The Morgan fingerprint density at radius 3 is 2.35 bits per heavy atom. The van der Waals surface area contributed by atoms with E-state index in [0.717, 1.165) is 32.1 Å². The van der Waals surface area contributed by atoms with Gasteiger partial charge in [0.15, 0.2) is 17.5 Å². The molecule has 0 saturated heterocycles. The number of nitrogens with zero attached hydrogens (tertiary/aromatic N) is 1. The second kappa shape index (κ2) is 8.41. The fraction of sp³-hybridized carbons (Fsp3) is 0.333. The van der Waals surface area contributed by atoms with Crippen LogP contribution in [0, 0.1) is 23.4 Å². The molecule has 0 unspecified atom stereocenters. The lowest BCUT2D eigenvalue weighted by Gasteiger charge is -2.19. The Hall–Kier alpha value is -2.75. The highest BCUT2D eigenvalue weighted by atomic mass is 32.1. The fourth-order valence-corrected chi connectivity index (χ4v) is 4.32. The molecule has 1 fully saturated rings. The number of halogens is 5. The number of esters is 1. The minimum atomic E-state index is -4.03. The number of carbonyl (C=O) groups is 1. The van der Waals surface area contributed by atoms with E-state index in [1.54, 1.807) is 0 Å². The third-order valence-corrected chi connectivity index (χ3v) is 6.04. The Kier molecular flexibility index (Phi) is 5.83. The summed E-state index contributed by atoms with van der Waals surface area (Å²) in [5, 5.41) is -0.775. The summed E-state index contributed by atoms with van der Waals surface area (Å²) in [7, 11) is 0. The number of hydrogen-bond acceptors (Lipinski definition) is 5. The molecule has 0 aliphatic heterocycles. The SMILES string of the molecule is O=C(Oc1ccc2nc(C(F)(F)Oc3cc(F)c(F)c(F)c3)sc2c1)C1CCCCC1. The Balaban J connectivity index is 1.53. The summed E-state index contributed by atoms with van der Waals surface area (Å²) in [5.41, 5.74) is 0.206. The first-order chi connectivity index (χ1) is 14.7. The van der Waals surface area contributed by atoms with Gasteiger partial charge in [-0.25, -0.2) is 18.2 Å². The lowest BCUT2D eigenvalue weighted by Crippen LogP contribution is -2.22. The van der Waals surface area contributed by atoms with E-state index in [4.69, 9.17) is 4.74 Å². The zero-order valence-electron chi connectivity index (χ0n) is 16.0. The molecule has 1 aromatic heterocycles. The summed E-state index contributed by atoms with van der Waals surface area (Å²) in [6.07, 6.45) is 0.522. The van der Waals surface area contributed by atoms with Gasteiger partial charge in [-0.2, -0.15) is 8.78 Å². The maximum absolute atomic E-state index is 14.5. The van der Waals surface area contributed by atoms with Gasteiger partial charge in [0, 0.05) is 18.2 Å². The Morgan fingerprint density at radius 1 is 1.00 bits per heavy atom. The maximum atomic E-state index is 14.5. The number of hydrogen-bond donors (Lipinski definition) is 0. The zero-order valence-corrected chi connectivity index (χ0v) is 16.8. The molecule has 1 saturated carbocycles. The quantitative estimate of drug-likeness (QED) is 0.195. The van der Waals surface area contributed by atoms with Crippen molar-refractivity contribution >= 4 is 27.5 Å². The summed E-state index contributed by atoms with van der Waals surface area (Å²) in [6, 6.07) is 4.94. The van der Waals surface area contributed by atoms with Gasteiger partial charge < -0.3 is 9.47 Å². The Bertz CT molecular complexity index is 1100. The van der Waals surface area contributed by atoms with Crippen LogP contribution in [0.5, 0.6) is 11.5 Å². The van der Waals surface area contributed by atoms with Crippen LogP contribution in [-0.2, 0) is 10.9 Å². The van der Waals surface area contributed by atoms with Crippen LogP contribution < -0.4 is 9.47 Å². The average molecular weight is 457 g/mol. The summed E-state index contributed by atoms with van der Waals surface area (Å²) >= 11 is 0.573. The molecular weight excluding hydrogens is 441 g/mol. The van der Waals surface area contributed by atoms with E-state index in [1.807, 2.05) is 0 Å². The van der Waals surface area contributed by atoms with Crippen LogP contribution in [0.25, 0.3) is 10.2 Å². The molecule has 4 nitrogen and oxygen atoms in total. The van der Waals surface area contributed by atoms with E-state index < -0.39 is 34.3 Å². The molecule has 10 heteroatoms. The maximum Gasteiger partial charge on any atom is 0.454 e. The smallest absolute Gasteiger partial charge is 0.427 e. The van der Waals surface area contributed by atoms with Crippen molar-refractivity contribution in [3.63, 3.8) is 0 Å². The normalized spacial score (nSPS) is 15.3. The van der Waals surface area contributed by atoms with Crippen LogP contribution in [0.2, 0.25) is 0 Å². The molecule has 1 aliphatic carbocycles. The lowest BCUT2D eigenvalue weighted by atomic mass is 9.89. The number of rotatable bonds is 5. The summed E-state index contributed by atoms with van der Waals surface area (Å²) < 4.78 is 78.7. The van der Waals surface area contributed by atoms with Gasteiger partial charge in [-0.1, -0.05) is 19.3 Å². The standard InChI is InChI=1S/C21H16F5NO3S/c22-14-8-13(9-15(23)18(14)24)30-21(25,26)20-27-16-7-6-12(10-17(16)31-20)29-19(28)11-4-2-1-3-5-11/h6-11H,1-5H2. The number of fused-ring (bicyclic) bond motifs is 1. The van der Waals surface area contributed by atoms with E-state index in [-0.39, 0.29) is 23.2 Å². The third-order valence-electron chi connectivity index (χ3n) is 4.97. The number of alkyl halides is 2. The molecule has 0 bridgehead atoms. The average Bonchev–Trinajstić information content (AvgIpc) is 3.17. The predicted molar refractivity (Wildman–Crippen MR) is 103 cm³/mol. The molecule has 0 atom stereocenters. The van der Waals surface area contributed by atoms with Gasteiger partial charge in [0.1, 0.15) is 11.5 Å². The number of ether oxygens (including phenoxy) is 2. The van der Waals surface area contributed by atoms with E-state index in [9.17, 15) is 26.7 Å². The van der Waals surface area contributed by atoms with Gasteiger partial charge in [-0.3, -0.25) is 4.79 Å². The van der Waals surface area contributed by atoms with Crippen molar-refractivity contribution in [2.24, 2.45) is 5.92 Å². The highest BCUT2D eigenvalue weighted by molar-refractivity contribution is 7.18. The molecule has 0 N–H and O–H groups in total. The molecule has 0 radical (unpaired) electrons. The van der Waals surface area contributed by atoms with Gasteiger partial charge in [0.25, 0.3) is 0 Å². The van der Waals surface area contributed by atoms with E-state index in [2.05, 4.69) is 9.72 Å². The molecule has 0 spiro atoms. The minimum Gasteiger partial charge on any atom is -0.427 e. The molecule has 1 heterocycles. The molecular formula is C21H16F5NO3S. The van der Waals surface area contributed by atoms with E-state index in [1.165, 1.54) is 18.2 Å². The van der Waals surface area contributed by atoms with Crippen molar-refractivity contribution in [1.29, 1.82) is 0 Å². The van der Waals surface area contributed by atoms with Crippen molar-refractivity contribution in [1.82, 2.24) is 4.98 Å². The second-order valence-electron chi connectivity index (χ2n) is 7.22. The monoisotopic (exact) mass is 457 g/mol. The van der Waals surface area contributed by atoms with Crippen molar-refractivity contribution in [3.05, 3.63) is 52.8 Å². The highest BCUT2D eigenvalue weighted by Gasteiger charge is 2.39. The van der Waals surface area contributed by atoms with E-state index >= 15 is 0 Å². The van der Waals surface area contributed by atoms with Crippen molar-refractivity contribution in [2.45, 2.75) is 38.2 Å². The van der Waals surface area contributed by atoms with Crippen molar-refractivity contribution in [3.8, 4) is 11.5 Å². The number of thiazole rings is 1.